The van der Waals surface area contributed by atoms with Crippen molar-refractivity contribution in [3.63, 3.8) is 0 Å². The molecular formula is C6H6F4O3. The predicted molar refractivity (Wildman–Crippen MR) is 32.8 cm³/mol. The molecule has 0 rings (SSSR count). The highest BCUT2D eigenvalue weighted by atomic mass is 19.2. The highest BCUT2D eigenvalue weighted by Gasteiger charge is 2.26. The first kappa shape index (κ1) is 11.9. The maximum Gasteiger partial charge on any atom is 0.351 e. The van der Waals surface area contributed by atoms with Gasteiger partial charge in [-0.05, 0) is 0 Å². The van der Waals surface area contributed by atoms with Crippen molar-refractivity contribution in [3.05, 3.63) is 0 Å². The first-order chi connectivity index (χ1) is 6.02. The van der Waals surface area contributed by atoms with Gasteiger partial charge in [0.2, 0.25) is 12.3 Å². The summed E-state index contributed by atoms with van der Waals surface area (Å²) in [6.45, 7) is -3.36. The Labute approximate surface area is 70.7 Å². The molecule has 0 saturated carbocycles. The van der Waals surface area contributed by atoms with E-state index in [1.165, 1.54) is 0 Å². The number of hydrogen-bond acceptors (Lipinski definition) is 3. The number of carbonyl (C=O) groups excluding carboxylic acids is 2. The van der Waals surface area contributed by atoms with E-state index in [0.29, 0.717) is 0 Å². The minimum absolute atomic E-state index is 1.68. The monoisotopic (exact) mass is 202 g/mol. The summed E-state index contributed by atoms with van der Waals surface area (Å²) in [7, 11) is 0. The maximum absolute atomic E-state index is 12.0. The largest absolute Gasteiger partial charge is 0.389 e. The second-order valence-corrected chi connectivity index (χ2v) is 1.98. The van der Waals surface area contributed by atoms with Gasteiger partial charge in [-0.25, -0.2) is 27.2 Å². The highest BCUT2D eigenvalue weighted by Crippen LogP contribution is 2.01. The Morgan fingerprint density at radius 2 is 1.31 bits per heavy atom. The molecule has 0 fully saturated rings. The number of halogens is 4. The minimum Gasteiger partial charge on any atom is -0.389 e. The Balaban J connectivity index is 3.99. The Morgan fingerprint density at radius 1 is 1.00 bits per heavy atom. The molecule has 7 heteroatoms. The lowest BCUT2D eigenvalue weighted by atomic mass is 10.4. The summed E-state index contributed by atoms with van der Waals surface area (Å²) in [6.07, 6.45) is -5.29. The fraction of sp³-hybridized carbons (Fsp3) is 0.667. The molecule has 3 nitrogen and oxygen atoms in total. The summed E-state index contributed by atoms with van der Waals surface area (Å²) in [4.78, 5) is 20.5. The molecule has 0 N–H and O–H groups in total. The molecule has 13 heavy (non-hydrogen) atoms. The summed E-state index contributed by atoms with van der Waals surface area (Å²) in [5.74, 6) is -3.72. The molecule has 0 aromatic heterocycles. The third kappa shape index (κ3) is 3.86. The third-order valence-electron chi connectivity index (χ3n) is 0.984. The van der Waals surface area contributed by atoms with Crippen LogP contribution in [0.25, 0.3) is 0 Å². The molecule has 0 bridgehead atoms. The lowest BCUT2D eigenvalue weighted by molar-refractivity contribution is -0.167. The SMILES string of the molecule is O=C(OC(=O)C(F)CF)C(F)CF. The second kappa shape index (κ2) is 5.50. The summed E-state index contributed by atoms with van der Waals surface area (Å²) in [5, 5.41) is 0. The van der Waals surface area contributed by atoms with Crippen LogP contribution in [0.1, 0.15) is 0 Å². The van der Waals surface area contributed by atoms with Crippen molar-refractivity contribution in [2.45, 2.75) is 12.3 Å². The van der Waals surface area contributed by atoms with E-state index in [1.807, 2.05) is 0 Å². The molecular weight excluding hydrogens is 196 g/mol. The number of rotatable bonds is 4. The molecule has 0 aliphatic carbocycles. The topological polar surface area (TPSA) is 43.4 Å². The van der Waals surface area contributed by atoms with E-state index in [-0.39, 0.29) is 0 Å². The van der Waals surface area contributed by atoms with Crippen molar-refractivity contribution in [1.82, 2.24) is 0 Å². The van der Waals surface area contributed by atoms with Gasteiger partial charge in [0.1, 0.15) is 13.3 Å². The molecule has 0 aromatic carbocycles. The van der Waals surface area contributed by atoms with Gasteiger partial charge < -0.3 is 4.74 Å². The second-order valence-electron chi connectivity index (χ2n) is 1.98. The zero-order valence-corrected chi connectivity index (χ0v) is 6.31. The van der Waals surface area contributed by atoms with E-state index in [2.05, 4.69) is 4.74 Å². The zero-order chi connectivity index (χ0) is 10.4. The molecule has 0 amide bonds. The normalized spacial score (nSPS) is 14.8. The van der Waals surface area contributed by atoms with Crippen molar-refractivity contribution >= 4 is 11.9 Å². The van der Waals surface area contributed by atoms with Gasteiger partial charge in [-0.3, -0.25) is 0 Å². The van der Waals surface area contributed by atoms with Crippen molar-refractivity contribution in [2.75, 3.05) is 13.3 Å². The van der Waals surface area contributed by atoms with Crippen molar-refractivity contribution in [3.8, 4) is 0 Å². The van der Waals surface area contributed by atoms with Crippen LogP contribution >= 0.6 is 0 Å². The summed E-state index contributed by atoms with van der Waals surface area (Å²) in [6, 6.07) is 0. The van der Waals surface area contributed by atoms with Crippen LogP contribution in [-0.2, 0) is 14.3 Å². The van der Waals surface area contributed by atoms with Crippen molar-refractivity contribution in [2.24, 2.45) is 0 Å². The van der Waals surface area contributed by atoms with E-state index in [0.717, 1.165) is 0 Å². The average Bonchev–Trinajstić information content (AvgIpc) is 2.14. The molecule has 0 spiro atoms. The summed E-state index contributed by atoms with van der Waals surface area (Å²) < 4.78 is 50.3. The predicted octanol–water partition coefficient (Wildman–Crippen LogP) is 0.671. The van der Waals surface area contributed by atoms with E-state index in [4.69, 9.17) is 0 Å². The molecule has 0 aliphatic rings. The number of alkyl halides is 4. The smallest absolute Gasteiger partial charge is 0.351 e. The summed E-state index contributed by atoms with van der Waals surface area (Å²) >= 11 is 0. The molecule has 0 heterocycles. The fourth-order valence-corrected chi connectivity index (χ4v) is 0.353. The van der Waals surface area contributed by atoms with E-state index in [1.54, 1.807) is 0 Å². The van der Waals surface area contributed by atoms with Crippen LogP contribution in [0.15, 0.2) is 0 Å². The van der Waals surface area contributed by atoms with Gasteiger partial charge in [0, 0.05) is 0 Å². The van der Waals surface area contributed by atoms with Crippen molar-refractivity contribution in [1.29, 1.82) is 0 Å². The van der Waals surface area contributed by atoms with E-state index in [9.17, 15) is 27.2 Å². The van der Waals surface area contributed by atoms with Crippen LogP contribution in [0.3, 0.4) is 0 Å². The Hall–Kier alpha value is -1.14. The summed E-state index contributed by atoms with van der Waals surface area (Å²) in [5.41, 5.74) is 0. The third-order valence-corrected chi connectivity index (χ3v) is 0.984. The Bertz CT molecular complexity index is 176. The molecule has 0 aromatic rings. The standard InChI is InChI=1S/C6H6F4O3/c7-1-3(9)5(11)13-6(12)4(10)2-8/h3-4H,1-2H2. The lowest BCUT2D eigenvalue weighted by Crippen LogP contribution is -2.29. The number of esters is 2. The average molecular weight is 202 g/mol. The molecule has 0 saturated heterocycles. The van der Waals surface area contributed by atoms with Gasteiger partial charge >= 0.3 is 11.9 Å². The first-order valence-electron chi connectivity index (χ1n) is 3.18. The minimum atomic E-state index is -2.64. The quantitative estimate of drug-likeness (QED) is 0.382. The van der Waals surface area contributed by atoms with E-state index >= 15 is 0 Å². The molecule has 2 atom stereocenters. The number of ether oxygens (including phenoxy) is 1. The van der Waals surface area contributed by atoms with Gasteiger partial charge in [-0.1, -0.05) is 0 Å². The molecule has 2 unspecified atom stereocenters. The Kier molecular flexibility index (Phi) is 5.01. The van der Waals surface area contributed by atoms with E-state index < -0.39 is 37.6 Å². The van der Waals surface area contributed by atoms with Crippen LogP contribution in [-0.4, -0.2) is 37.6 Å². The van der Waals surface area contributed by atoms with Crippen LogP contribution in [0.2, 0.25) is 0 Å². The maximum atomic E-state index is 12.0. The fourth-order valence-electron chi connectivity index (χ4n) is 0.353. The van der Waals surface area contributed by atoms with Crippen molar-refractivity contribution < 1.29 is 31.9 Å². The van der Waals surface area contributed by atoms with Crippen LogP contribution in [0.4, 0.5) is 17.6 Å². The van der Waals surface area contributed by atoms with Gasteiger partial charge in [0.15, 0.2) is 0 Å². The molecule has 0 aliphatic heterocycles. The van der Waals surface area contributed by atoms with Gasteiger partial charge in [0.25, 0.3) is 0 Å². The lowest BCUT2D eigenvalue weighted by Gasteiger charge is -2.04. The van der Waals surface area contributed by atoms with Gasteiger partial charge in [-0.2, -0.15) is 0 Å². The number of carbonyl (C=O) groups is 2. The highest BCUT2D eigenvalue weighted by molar-refractivity contribution is 5.89. The van der Waals surface area contributed by atoms with Gasteiger partial charge in [-0.15, -0.1) is 0 Å². The molecule has 76 valence electrons. The first-order valence-corrected chi connectivity index (χ1v) is 3.18. The number of hydrogen-bond donors (Lipinski definition) is 0. The van der Waals surface area contributed by atoms with Crippen LogP contribution in [0, 0.1) is 0 Å². The Morgan fingerprint density at radius 3 is 1.54 bits per heavy atom. The van der Waals surface area contributed by atoms with Crippen LogP contribution in [0.5, 0.6) is 0 Å². The van der Waals surface area contributed by atoms with Gasteiger partial charge in [0.05, 0.1) is 0 Å². The zero-order valence-electron chi connectivity index (χ0n) is 6.31. The van der Waals surface area contributed by atoms with Crippen LogP contribution < -0.4 is 0 Å². The molecule has 0 radical (unpaired) electrons.